The van der Waals surface area contributed by atoms with Crippen molar-refractivity contribution in [1.82, 2.24) is 4.57 Å². The van der Waals surface area contributed by atoms with Crippen LogP contribution in [0.4, 0.5) is 0 Å². The highest BCUT2D eigenvalue weighted by molar-refractivity contribution is 6.07. The summed E-state index contributed by atoms with van der Waals surface area (Å²) in [4.78, 5) is 40.0. The number of fused-ring (bicyclic) bond motifs is 2. The summed E-state index contributed by atoms with van der Waals surface area (Å²) in [5.74, 6) is -3.78. The Kier molecular flexibility index (Phi) is 11.3. The first-order valence-corrected chi connectivity index (χ1v) is 13.8. The zero-order valence-corrected chi connectivity index (χ0v) is 24.3. The van der Waals surface area contributed by atoms with E-state index in [2.05, 4.69) is 0 Å². The number of hydrogen-bond acceptors (Lipinski definition) is 14. The van der Waals surface area contributed by atoms with Crippen molar-refractivity contribution in [3.63, 3.8) is 0 Å². The van der Waals surface area contributed by atoms with Gasteiger partial charge in [0.2, 0.25) is 5.43 Å². The minimum absolute atomic E-state index is 0.00266. The summed E-state index contributed by atoms with van der Waals surface area (Å²) in [5, 5.41) is 48.7. The zero-order chi connectivity index (χ0) is 32.5. The van der Waals surface area contributed by atoms with Crippen molar-refractivity contribution in [2.24, 2.45) is 7.05 Å². The lowest BCUT2D eigenvalue weighted by Crippen LogP contribution is -2.18. The van der Waals surface area contributed by atoms with Gasteiger partial charge < -0.3 is 58.2 Å². The van der Waals surface area contributed by atoms with Crippen molar-refractivity contribution in [3.05, 3.63) is 56.7 Å². The Bertz CT molecular complexity index is 1780. The molecule has 5 N–H and O–H groups in total. The smallest absolute Gasteiger partial charge is 0.343 e. The number of aryl methyl sites for hydroxylation is 1. The maximum absolute atomic E-state index is 13.7. The Balaban J connectivity index is 1.44. The van der Waals surface area contributed by atoms with Crippen molar-refractivity contribution < 1.29 is 58.4 Å². The van der Waals surface area contributed by atoms with Crippen molar-refractivity contribution in [1.29, 1.82) is 0 Å². The molecule has 0 aliphatic carbocycles. The van der Waals surface area contributed by atoms with E-state index in [4.69, 9.17) is 33.2 Å². The van der Waals surface area contributed by atoms with Crippen LogP contribution in [0, 0.1) is 0 Å². The van der Waals surface area contributed by atoms with Crippen LogP contribution < -0.4 is 10.9 Å². The highest BCUT2D eigenvalue weighted by atomic mass is 16.6. The van der Waals surface area contributed by atoms with Crippen LogP contribution in [-0.4, -0.2) is 102 Å². The number of aromatic hydroxyl groups is 4. The van der Waals surface area contributed by atoms with Gasteiger partial charge >= 0.3 is 5.97 Å². The summed E-state index contributed by atoms with van der Waals surface area (Å²) >= 11 is 0. The molecule has 2 aromatic carbocycles. The van der Waals surface area contributed by atoms with Gasteiger partial charge in [0.1, 0.15) is 24.0 Å². The zero-order valence-electron chi connectivity index (χ0n) is 24.3. The Labute approximate surface area is 254 Å². The number of benzene rings is 2. The Morgan fingerprint density at radius 1 is 0.756 bits per heavy atom. The molecular formula is C30H33NO14. The number of rotatable bonds is 16. The topological polar surface area (TPSA) is 217 Å². The van der Waals surface area contributed by atoms with Crippen molar-refractivity contribution in [2.75, 3.05) is 66.1 Å². The van der Waals surface area contributed by atoms with Crippen LogP contribution in [0.5, 0.6) is 23.0 Å². The number of carbonyl (C=O) groups excluding carboxylic acids is 1. The van der Waals surface area contributed by atoms with E-state index in [0.29, 0.717) is 26.4 Å². The number of aliphatic hydroxyl groups is 1. The van der Waals surface area contributed by atoms with E-state index < -0.39 is 50.8 Å². The highest BCUT2D eigenvalue weighted by Crippen LogP contribution is 2.36. The molecule has 0 spiro atoms. The summed E-state index contributed by atoms with van der Waals surface area (Å²) in [5.41, 5.74) is -2.59. The molecule has 2 heterocycles. The van der Waals surface area contributed by atoms with Crippen LogP contribution in [-0.2, 0) is 30.7 Å². The summed E-state index contributed by atoms with van der Waals surface area (Å²) < 4.78 is 33.2. The first-order valence-electron chi connectivity index (χ1n) is 13.8. The van der Waals surface area contributed by atoms with Crippen LogP contribution in [0.2, 0.25) is 0 Å². The SMILES string of the molecule is Cn1cc(-c2coc3cc(O)c(O)c(C(=O)OCCOCCOCCOCCOCCO)c3c2=O)c(=O)c2cc(O)c(O)cc21. The van der Waals surface area contributed by atoms with Gasteiger partial charge in [0, 0.05) is 25.4 Å². The van der Waals surface area contributed by atoms with Crippen LogP contribution in [0.15, 0.2) is 44.7 Å². The molecule has 242 valence electrons. The third-order valence-corrected chi connectivity index (χ3v) is 6.61. The third kappa shape index (κ3) is 7.71. The van der Waals surface area contributed by atoms with Crippen LogP contribution in [0.3, 0.4) is 0 Å². The quantitative estimate of drug-likeness (QED) is 0.0670. The lowest BCUT2D eigenvalue weighted by atomic mass is 10.0. The van der Waals surface area contributed by atoms with Gasteiger partial charge in [-0.3, -0.25) is 9.59 Å². The summed E-state index contributed by atoms with van der Waals surface area (Å²) in [6, 6.07) is 3.21. The van der Waals surface area contributed by atoms with Crippen LogP contribution in [0.25, 0.3) is 33.0 Å². The second kappa shape index (κ2) is 15.4. The molecule has 0 amide bonds. The maximum Gasteiger partial charge on any atom is 0.343 e. The van der Waals surface area contributed by atoms with Gasteiger partial charge in [0.05, 0.1) is 86.9 Å². The highest BCUT2D eigenvalue weighted by Gasteiger charge is 2.26. The van der Waals surface area contributed by atoms with E-state index in [9.17, 15) is 34.8 Å². The van der Waals surface area contributed by atoms with E-state index in [-0.39, 0.29) is 67.3 Å². The molecule has 0 aliphatic rings. The summed E-state index contributed by atoms with van der Waals surface area (Å²) in [6.07, 6.45) is 2.30. The number of nitrogens with zero attached hydrogens (tertiary/aromatic N) is 1. The van der Waals surface area contributed by atoms with E-state index in [1.165, 1.54) is 16.8 Å². The molecule has 0 atom stereocenters. The number of pyridine rings is 1. The molecule has 0 saturated heterocycles. The van der Waals surface area contributed by atoms with E-state index in [1.54, 1.807) is 7.05 Å². The van der Waals surface area contributed by atoms with Gasteiger partial charge in [-0.25, -0.2) is 4.79 Å². The van der Waals surface area contributed by atoms with Crippen LogP contribution in [0.1, 0.15) is 10.4 Å². The molecule has 15 nitrogen and oxygen atoms in total. The first kappa shape index (κ1) is 33.2. The average Bonchev–Trinajstić information content (AvgIpc) is 3.01. The van der Waals surface area contributed by atoms with Crippen molar-refractivity contribution in [2.45, 2.75) is 0 Å². The van der Waals surface area contributed by atoms with Gasteiger partial charge in [0.25, 0.3) is 0 Å². The van der Waals surface area contributed by atoms with Crippen molar-refractivity contribution >= 4 is 27.8 Å². The summed E-state index contributed by atoms with van der Waals surface area (Å²) in [6.45, 7) is 1.74. The molecule has 4 aromatic rings. The lowest BCUT2D eigenvalue weighted by molar-refractivity contribution is -0.0114. The Morgan fingerprint density at radius 3 is 1.96 bits per heavy atom. The van der Waals surface area contributed by atoms with Crippen molar-refractivity contribution in [3.8, 4) is 34.1 Å². The monoisotopic (exact) mass is 631 g/mol. The summed E-state index contributed by atoms with van der Waals surface area (Å²) in [7, 11) is 1.56. The largest absolute Gasteiger partial charge is 0.504 e. The first-order chi connectivity index (χ1) is 21.6. The van der Waals surface area contributed by atoms with Crippen LogP contribution >= 0.6 is 0 Å². The molecule has 45 heavy (non-hydrogen) atoms. The van der Waals surface area contributed by atoms with E-state index >= 15 is 0 Å². The second-order valence-electron chi connectivity index (χ2n) is 9.62. The Hall–Kier alpha value is -4.67. The van der Waals surface area contributed by atoms with E-state index in [0.717, 1.165) is 18.4 Å². The van der Waals surface area contributed by atoms with Gasteiger partial charge in [-0.05, 0) is 6.07 Å². The molecule has 0 radical (unpaired) electrons. The van der Waals surface area contributed by atoms with Gasteiger partial charge in [-0.2, -0.15) is 0 Å². The maximum atomic E-state index is 13.7. The molecule has 4 rings (SSSR count). The second-order valence-corrected chi connectivity index (χ2v) is 9.62. The molecular weight excluding hydrogens is 598 g/mol. The average molecular weight is 632 g/mol. The predicted octanol–water partition coefficient (Wildman–Crippen LogP) is 1.35. The number of aromatic nitrogens is 1. The number of carbonyl (C=O) groups is 1. The number of hydrogen-bond donors (Lipinski definition) is 5. The number of ether oxygens (including phenoxy) is 5. The fourth-order valence-electron chi connectivity index (χ4n) is 4.44. The molecule has 0 saturated carbocycles. The lowest BCUT2D eigenvalue weighted by Gasteiger charge is -2.12. The van der Waals surface area contributed by atoms with E-state index in [1.807, 2.05) is 0 Å². The normalized spacial score (nSPS) is 11.4. The van der Waals surface area contributed by atoms with Gasteiger partial charge in [-0.1, -0.05) is 0 Å². The number of aliphatic hydroxyl groups excluding tert-OH is 1. The molecule has 15 heteroatoms. The molecule has 2 aromatic heterocycles. The predicted molar refractivity (Wildman–Crippen MR) is 158 cm³/mol. The fourth-order valence-corrected chi connectivity index (χ4v) is 4.44. The molecule has 0 fully saturated rings. The standard InChI is InChI=1S/C30H33NO14/c1-31-15-18(27(36)17-12-21(33)22(34)13-20(17)31)19-16-45-24-14-23(35)29(38)26(25(24)28(19)37)30(39)44-11-10-43-9-8-42-7-6-41-5-4-40-3-2-32/h12-16,32-35,38H,2-11H2,1H3. The minimum atomic E-state index is -1.15. The van der Waals surface area contributed by atoms with Gasteiger partial charge in [-0.15, -0.1) is 0 Å². The third-order valence-electron chi connectivity index (χ3n) is 6.61. The Morgan fingerprint density at radius 2 is 1.33 bits per heavy atom. The number of esters is 1. The van der Waals surface area contributed by atoms with Gasteiger partial charge in [0.15, 0.2) is 28.4 Å². The fraction of sp³-hybridized carbons (Fsp3) is 0.367. The number of phenolic OH excluding ortho intramolecular Hbond substituents is 4. The molecule has 0 unspecified atom stereocenters. The number of phenols is 4. The molecule has 0 bridgehead atoms. The molecule has 0 aliphatic heterocycles. The minimum Gasteiger partial charge on any atom is -0.504 e.